The number of carbonyl (C=O) groups is 3. The summed E-state index contributed by atoms with van der Waals surface area (Å²) < 4.78 is 0. The molecular formula is C29H22Cl2N4O3S. The Hall–Kier alpha value is -4.11. The van der Waals surface area contributed by atoms with Crippen LogP contribution in [0.5, 0.6) is 0 Å². The highest BCUT2D eigenvalue weighted by molar-refractivity contribution is 8.00. The van der Waals surface area contributed by atoms with E-state index >= 15 is 0 Å². The maximum atomic E-state index is 13.2. The molecule has 4 aromatic rings. The Labute approximate surface area is 239 Å². The molecule has 0 bridgehead atoms. The molecule has 3 amide bonds. The normalized spacial score (nSPS) is 11.0. The molecular weight excluding hydrogens is 555 g/mol. The fourth-order valence-corrected chi connectivity index (χ4v) is 4.40. The Morgan fingerprint density at radius 3 is 2.21 bits per heavy atom. The summed E-state index contributed by atoms with van der Waals surface area (Å²) >= 11 is 13.8. The molecule has 0 aliphatic heterocycles. The molecule has 0 saturated carbocycles. The molecule has 0 atom stereocenters. The number of aromatic nitrogens is 1. The minimum atomic E-state index is -0.549. The lowest BCUT2D eigenvalue weighted by Gasteiger charge is -2.12. The van der Waals surface area contributed by atoms with E-state index in [4.69, 9.17) is 23.2 Å². The minimum Gasteiger partial charge on any atom is -0.325 e. The van der Waals surface area contributed by atoms with Crippen molar-refractivity contribution < 1.29 is 14.4 Å². The predicted molar refractivity (Wildman–Crippen MR) is 157 cm³/mol. The van der Waals surface area contributed by atoms with Gasteiger partial charge in [-0.05, 0) is 66.2 Å². The fraction of sp³-hybridized carbons (Fsp3) is 0.0345. The summed E-state index contributed by atoms with van der Waals surface area (Å²) in [5.74, 6) is -0.932. The molecule has 1 aromatic heterocycles. The van der Waals surface area contributed by atoms with Crippen molar-refractivity contribution in [3.63, 3.8) is 0 Å². The van der Waals surface area contributed by atoms with E-state index in [9.17, 15) is 14.4 Å². The summed E-state index contributed by atoms with van der Waals surface area (Å²) in [4.78, 5) is 43.0. The zero-order chi connectivity index (χ0) is 27.6. The van der Waals surface area contributed by atoms with Crippen LogP contribution >= 0.6 is 35.0 Å². The van der Waals surface area contributed by atoms with E-state index in [1.165, 1.54) is 17.8 Å². The fourth-order valence-electron chi connectivity index (χ4n) is 3.34. The summed E-state index contributed by atoms with van der Waals surface area (Å²) in [6, 6.07) is 24.0. The molecule has 10 heteroatoms. The van der Waals surface area contributed by atoms with Crippen molar-refractivity contribution in [2.75, 3.05) is 16.4 Å². The van der Waals surface area contributed by atoms with Gasteiger partial charge in [-0.2, -0.15) is 0 Å². The summed E-state index contributed by atoms with van der Waals surface area (Å²) in [7, 11) is 0. The Morgan fingerprint density at radius 1 is 0.795 bits per heavy atom. The van der Waals surface area contributed by atoms with Gasteiger partial charge in [0.15, 0.2) is 0 Å². The van der Waals surface area contributed by atoms with E-state index < -0.39 is 11.8 Å². The van der Waals surface area contributed by atoms with E-state index in [1.807, 2.05) is 0 Å². The average molecular weight is 577 g/mol. The van der Waals surface area contributed by atoms with Crippen molar-refractivity contribution in [1.82, 2.24) is 10.3 Å². The zero-order valence-electron chi connectivity index (χ0n) is 20.4. The van der Waals surface area contributed by atoms with Crippen LogP contribution in [0.3, 0.4) is 0 Å². The quantitative estimate of drug-likeness (QED) is 0.155. The lowest BCUT2D eigenvalue weighted by molar-refractivity contribution is -0.114. The van der Waals surface area contributed by atoms with Gasteiger partial charge in [0.05, 0.1) is 15.8 Å². The zero-order valence-corrected chi connectivity index (χ0v) is 22.7. The van der Waals surface area contributed by atoms with E-state index in [2.05, 4.69) is 20.9 Å². The van der Waals surface area contributed by atoms with Crippen molar-refractivity contribution >= 4 is 70.1 Å². The van der Waals surface area contributed by atoms with Gasteiger partial charge in [-0.3, -0.25) is 19.4 Å². The number of rotatable bonds is 9. The average Bonchev–Trinajstić information content (AvgIpc) is 2.95. The molecule has 39 heavy (non-hydrogen) atoms. The number of thioether (sulfide) groups is 1. The lowest BCUT2D eigenvalue weighted by atomic mass is 10.1. The van der Waals surface area contributed by atoms with Crippen molar-refractivity contribution in [2.24, 2.45) is 0 Å². The van der Waals surface area contributed by atoms with Gasteiger partial charge in [0, 0.05) is 34.2 Å². The predicted octanol–water partition coefficient (Wildman–Crippen LogP) is 6.53. The molecule has 0 aliphatic rings. The van der Waals surface area contributed by atoms with Crippen LogP contribution in [-0.2, 0) is 9.59 Å². The summed E-state index contributed by atoms with van der Waals surface area (Å²) in [6.45, 7) is 0. The van der Waals surface area contributed by atoms with Crippen LogP contribution in [0.4, 0.5) is 11.4 Å². The van der Waals surface area contributed by atoms with E-state index in [0.29, 0.717) is 27.5 Å². The number of hydrogen-bond donors (Lipinski definition) is 3. The van der Waals surface area contributed by atoms with Gasteiger partial charge in [-0.1, -0.05) is 53.5 Å². The number of halogens is 2. The SMILES string of the molecule is O=C(CSc1ccc(NC(=O)/C(=C/c2cccc(Cl)c2Cl)NC(=O)c2ccccc2)cc1)Nc1ccncc1. The second-order valence-electron chi connectivity index (χ2n) is 8.07. The highest BCUT2D eigenvalue weighted by atomic mass is 35.5. The Kier molecular flexibility index (Phi) is 9.74. The molecule has 0 saturated heterocycles. The first-order valence-corrected chi connectivity index (χ1v) is 13.4. The van der Waals surface area contributed by atoms with Crippen molar-refractivity contribution in [2.45, 2.75) is 4.90 Å². The van der Waals surface area contributed by atoms with Gasteiger partial charge in [-0.25, -0.2) is 0 Å². The largest absolute Gasteiger partial charge is 0.325 e. The topological polar surface area (TPSA) is 100 Å². The third-order valence-electron chi connectivity index (χ3n) is 5.26. The molecule has 4 rings (SSSR count). The highest BCUT2D eigenvalue weighted by Crippen LogP contribution is 2.27. The van der Waals surface area contributed by atoms with Crippen molar-refractivity contribution in [1.29, 1.82) is 0 Å². The number of nitrogens with zero attached hydrogens (tertiary/aromatic N) is 1. The number of amides is 3. The molecule has 1 heterocycles. The maximum Gasteiger partial charge on any atom is 0.272 e. The molecule has 0 aliphatic carbocycles. The van der Waals surface area contributed by atoms with Gasteiger partial charge in [0.25, 0.3) is 11.8 Å². The van der Waals surface area contributed by atoms with Gasteiger partial charge in [0.2, 0.25) is 5.91 Å². The van der Waals surface area contributed by atoms with Crippen LogP contribution in [-0.4, -0.2) is 28.5 Å². The molecule has 0 spiro atoms. The Bertz CT molecular complexity index is 1500. The van der Waals surface area contributed by atoms with Crippen molar-refractivity contribution in [3.8, 4) is 0 Å². The molecule has 196 valence electrons. The minimum absolute atomic E-state index is 0.0146. The van der Waals surface area contributed by atoms with E-state index in [0.717, 1.165) is 4.90 Å². The molecule has 3 N–H and O–H groups in total. The van der Waals surface area contributed by atoms with Gasteiger partial charge in [-0.15, -0.1) is 11.8 Å². The monoisotopic (exact) mass is 576 g/mol. The Balaban J connectivity index is 1.44. The van der Waals surface area contributed by atoms with Crippen LogP contribution < -0.4 is 16.0 Å². The maximum absolute atomic E-state index is 13.2. The van der Waals surface area contributed by atoms with Crippen LogP contribution in [0.25, 0.3) is 6.08 Å². The number of pyridine rings is 1. The van der Waals surface area contributed by atoms with Crippen LogP contribution in [0, 0.1) is 0 Å². The van der Waals surface area contributed by atoms with Gasteiger partial charge in [0.1, 0.15) is 5.70 Å². The highest BCUT2D eigenvalue weighted by Gasteiger charge is 2.16. The first kappa shape index (κ1) is 27.9. The van der Waals surface area contributed by atoms with Gasteiger partial charge >= 0.3 is 0 Å². The number of anilines is 2. The summed E-state index contributed by atoms with van der Waals surface area (Å²) in [6.07, 6.45) is 4.68. The third kappa shape index (κ3) is 8.19. The van der Waals surface area contributed by atoms with E-state index in [-0.39, 0.29) is 22.4 Å². The molecule has 0 unspecified atom stereocenters. The van der Waals surface area contributed by atoms with Crippen molar-refractivity contribution in [3.05, 3.63) is 124 Å². The second-order valence-corrected chi connectivity index (χ2v) is 9.91. The molecule has 3 aromatic carbocycles. The number of carbonyl (C=O) groups excluding carboxylic acids is 3. The molecule has 7 nitrogen and oxygen atoms in total. The summed E-state index contributed by atoms with van der Waals surface area (Å²) in [5, 5.41) is 8.83. The standard InChI is InChI=1S/C29H22Cl2N4O3S/c30-24-8-4-7-20(27(24)31)17-25(35-28(37)19-5-2-1-3-6-19)29(38)34-21-9-11-23(12-10-21)39-18-26(36)33-22-13-15-32-16-14-22/h1-17H,18H2,(H,34,38)(H,35,37)(H,32,33,36)/b25-17-. The smallest absolute Gasteiger partial charge is 0.272 e. The van der Waals surface area contributed by atoms with E-state index in [1.54, 1.807) is 97.3 Å². The third-order valence-corrected chi connectivity index (χ3v) is 7.10. The number of nitrogens with one attached hydrogen (secondary N) is 3. The Morgan fingerprint density at radius 2 is 1.49 bits per heavy atom. The lowest BCUT2D eigenvalue weighted by Crippen LogP contribution is -2.30. The first-order valence-electron chi connectivity index (χ1n) is 11.7. The number of benzene rings is 3. The van der Waals surface area contributed by atoms with Crippen LogP contribution in [0.15, 0.2) is 108 Å². The van der Waals surface area contributed by atoms with Gasteiger partial charge < -0.3 is 16.0 Å². The molecule has 0 radical (unpaired) electrons. The second kappa shape index (κ2) is 13.6. The van der Waals surface area contributed by atoms with Crippen LogP contribution in [0.2, 0.25) is 10.0 Å². The van der Waals surface area contributed by atoms with Crippen LogP contribution in [0.1, 0.15) is 15.9 Å². The summed E-state index contributed by atoms with van der Waals surface area (Å²) in [5.41, 5.74) is 2.03. The first-order chi connectivity index (χ1) is 18.9. The molecule has 0 fully saturated rings. The number of hydrogen-bond acceptors (Lipinski definition) is 5.